The Kier molecular flexibility index (Phi) is 4.28. The van der Waals surface area contributed by atoms with E-state index < -0.39 is 0 Å². The Labute approximate surface area is 111 Å². The highest BCUT2D eigenvalue weighted by Gasteiger charge is 2.21. The second-order valence-corrected chi connectivity index (χ2v) is 5.90. The van der Waals surface area contributed by atoms with Crippen molar-refractivity contribution in [3.63, 3.8) is 0 Å². The Hall–Kier alpha value is -1.02. The van der Waals surface area contributed by atoms with Crippen molar-refractivity contribution in [3.8, 4) is 0 Å². The Morgan fingerprint density at radius 3 is 2.17 bits per heavy atom. The Bertz CT molecular complexity index is 361. The van der Waals surface area contributed by atoms with E-state index in [9.17, 15) is 0 Å². The molecule has 0 aromatic heterocycles. The van der Waals surface area contributed by atoms with Crippen molar-refractivity contribution in [2.45, 2.75) is 51.6 Å². The molecule has 1 atom stereocenters. The van der Waals surface area contributed by atoms with Crippen LogP contribution in [0.5, 0.6) is 0 Å². The van der Waals surface area contributed by atoms with Crippen LogP contribution in [0.2, 0.25) is 0 Å². The number of rotatable bonds is 3. The average molecular weight is 246 g/mol. The molecule has 0 radical (unpaired) electrons. The lowest BCUT2D eigenvalue weighted by atomic mass is 9.86. The van der Waals surface area contributed by atoms with Crippen LogP contribution in [0.1, 0.15) is 51.1 Å². The van der Waals surface area contributed by atoms with Crippen LogP contribution in [0.3, 0.4) is 0 Å². The van der Waals surface area contributed by atoms with Crippen LogP contribution in [0.15, 0.2) is 24.3 Å². The highest BCUT2D eigenvalue weighted by molar-refractivity contribution is 5.48. The monoisotopic (exact) mass is 246 g/mol. The molecule has 18 heavy (non-hydrogen) atoms. The highest BCUT2D eigenvalue weighted by atomic mass is 15.1. The zero-order chi connectivity index (χ0) is 13.1. The molecule has 1 aromatic carbocycles. The van der Waals surface area contributed by atoms with Gasteiger partial charge in [-0.2, -0.15) is 0 Å². The van der Waals surface area contributed by atoms with E-state index in [2.05, 4.69) is 43.1 Å². The highest BCUT2D eigenvalue weighted by Crippen LogP contribution is 2.29. The van der Waals surface area contributed by atoms with Crippen molar-refractivity contribution in [2.24, 2.45) is 11.7 Å². The first kappa shape index (κ1) is 13.4. The molecule has 100 valence electrons. The molecule has 1 aliphatic rings. The lowest BCUT2D eigenvalue weighted by Crippen LogP contribution is -2.34. The molecule has 0 spiro atoms. The summed E-state index contributed by atoms with van der Waals surface area (Å²) >= 11 is 0. The van der Waals surface area contributed by atoms with E-state index in [4.69, 9.17) is 5.73 Å². The summed E-state index contributed by atoms with van der Waals surface area (Å²) in [7, 11) is 2.22. The van der Waals surface area contributed by atoms with E-state index in [0.29, 0.717) is 6.04 Å². The van der Waals surface area contributed by atoms with Gasteiger partial charge in [0.15, 0.2) is 0 Å². The van der Waals surface area contributed by atoms with Gasteiger partial charge in [-0.05, 0) is 56.2 Å². The largest absolute Gasteiger partial charge is 0.372 e. The fourth-order valence-electron chi connectivity index (χ4n) is 2.85. The molecule has 1 saturated carbocycles. The van der Waals surface area contributed by atoms with Crippen LogP contribution in [0, 0.1) is 5.92 Å². The first-order valence-electron chi connectivity index (χ1n) is 7.16. The van der Waals surface area contributed by atoms with E-state index in [-0.39, 0.29) is 6.04 Å². The third kappa shape index (κ3) is 3.05. The van der Waals surface area contributed by atoms with E-state index in [0.717, 1.165) is 5.92 Å². The summed E-state index contributed by atoms with van der Waals surface area (Å²) in [5.74, 6) is 0.912. The second kappa shape index (κ2) is 5.75. The van der Waals surface area contributed by atoms with Gasteiger partial charge in [-0.25, -0.2) is 0 Å². The van der Waals surface area contributed by atoms with Gasteiger partial charge in [0.2, 0.25) is 0 Å². The number of anilines is 1. The average Bonchev–Trinajstić information content (AvgIpc) is 2.39. The summed E-state index contributed by atoms with van der Waals surface area (Å²) in [6.45, 7) is 4.40. The van der Waals surface area contributed by atoms with Crippen molar-refractivity contribution >= 4 is 5.69 Å². The van der Waals surface area contributed by atoms with E-state index in [1.165, 1.54) is 36.9 Å². The first-order chi connectivity index (χ1) is 8.58. The zero-order valence-corrected chi connectivity index (χ0v) is 11.9. The van der Waals surface area contributed by atoms with Crippen LogP contribution in [0.25, 0.3) is 0 Å². The van der Waals surface area contributed by atoms with Gasteiger partial charge >= 0.3 is 0 Å². The van der Waals surface area contributed by atoms with Gasteiger partial charge in [0.25, 0.3) is 0 Å². The van der Waals surface area contributed by atoms with Gasteiger partial charge in [0.1, 0.15) is 0 Å². The lowest BCUT2D eigenvalue weighted by molar-refractivity contribution is 0.341. The Morgan fingerprint density at radius 2 is 1.67 bits per heavy atom. The summed E-state index contributed by atoms with van der Waals surface area (Å²) < 4.78 is 0. The van der Waals surface area contributed by atoms with Gasteiger partial charge in [-0.1, -0.05) is 19.1 Å². The molecule has 1 aromatic rings. The molecule has 2 rings (SSSR count). The second-order valence-electron chi connectivity index (χ2n) is 5.90. The van der Waals surface area contributed by atoms with Crippen LogP contribution < -0.4 is 10.6 Å². The maximum absolute atomic E-state index is 5.88. The zero-order valence-electron chi connectivity index (χ0n) is 11.9. The Morgan fingerprint density at radius 1 is 1.11 bits per heavy atom. The van der Waals surface area contributed by atoms with Gasteiger partial charge in [-0.3, -0.25) is 0 Å². The smallest absolute Gasteiger partial charge is 0.0366 e. The Balaban J connectivity index is 2.02. The molecule has 0 unspecified atom stereocenters. The molecule has 0 heterocycles. The van der Waals surface area contributed by atoms with Gasteiger partial charge in [0, 0.05) is 24.8 Å². The van der Waals surface area contributed by atoms with Crippen LogP contribution in [0.4, 0.5) is 5.69 Å². The SMILES string of the molecule is CC1CCC(N(C)c2ccc([C@H](C)N)cc2)CC1. The van der Waals surface area contributed by atoms with Crippen molar-refractivity contribution in [1.82, 2.24) is 0 Å². The van der Waals surface area contributed by atoms with Crippen LogP contribution >= 0.6 is 0 Å². The molecule has 2 heteroatoms. The minimum atomic E-state index is 0.125. The molecule has 0 saturated heterocycles. The topological polar surface area (TPSA) is 29.3 Å². The third-order valence-corrected chi connectivity index (χ3v) is 4.36. The van der Waals surface area contributed by atoms with Crippen LogP contribution in [-0.2, 0) is 0 Å². The summed E-state index contributed by atoms with van der Waals surface area (Å²) in [6.07, 6.45) is 5.39. The molecule has 1 aliphatic carbocycles. The summed E-state index contributed by atoms with van der Waals surface area (Å²) in [5, 5.41) is 0. The maximum Gasteiger partial charge on any atom is 0.0366 e. The molecule has 2 N–H and O–H groups in total. The number of nitrogens with two attached hydrogens (primary N) is 1. The lowest BCUT2D eigenvalue weighted by Gasteiger charge is -2.35. The minimum absolute atomic E-state index is 0.125. The number of benzene rings is 1. The third-order valence-electron chi connectivity index (χ3n) is 4.36. The summed E-state index contributed by atoms with van der Waals surface area (Å²) in [4.78, 5) is 2.44. The number of hydrogen-bond donors (Lipinski definition) is 1. The van der Waals surface area contributed by atoms with Crippen molar-refractivity contribution in [1.29, 1.82) is 0 Å². The van der Waals surface area contributed by atoms with Crippen molar-refractivity contribution in [2.75, 3.05) is 11.9 Å². The molecular formula is C16H26N2. The molecule has 0 aliphatic heterocycles. The predicted molar refractivity (Wildman–Crippen MR) is 78.9 cm³/mol. The van der Waals surface area contributed by atoms with E-state index >= 15 is 0 Å². The minimum Gasteiger partial charge on any atom is -0.372 e. The first-order valence-corrected chi connectivity index (χ1v) is 7.16. The normalized spacial score (nSPS) is 25.8. The van der Waals surface area contributed by atoms with E-state index in [1.54, 1.807) is 0 Å². The molecule has 1 fully saturated rings. The maximum atomic E-state index is 5.88. The van der Waals surface area contributed by atoms with Gasteiger partial charge in [-0.15, -0.1) is 0 Å². The molecule has 2 nitrogen and oxygen atoms in total. The van der Waals surface area contributed by atoms with Gasteiger partial charge in [0.05, 0.1) is 0 Å². The van der Waals surface area contributed by atoms with Crippen LogP contribution in [-0.4, -0.2) is 13.1 Å². The number of nitrogens with zero attached hydrogens (tertiary/aromatic N) is 1. The predicted octanol–water partition coefficient (Wildman–Crippen LogP) is 3.72. The van der Waals surface area contributed by atoms with Crippen molar-refractivity contribution < 1.29 is 0 Å². The molecule has 0 amide bonds. The summed E-state index contributed by atoms with van der Waals surface area (Å²) in [5.41, 5.74) is 8.42. The van der Waals surface area contributed by atoms with Crippen molar-refractivity contribution in [3.05, 3.63) is 29.8 Å². The fourth-order valence-corrected chi connectivity index (χ4v) is 2.85. The van der Waals surface area contributed by atoms with Gasteiger partial charge < -0.3 is 10.6 Å². The quantitative estimate of drug-likeness (QED) is 0.880. The molecule has 0 bridgehead atoms. The van der Waals surface area contributed by atoms with E-state index in [1.807, 2.05) is 6.92 Å². The number of hydrogen-bond acceptors (Lipinski definition) is 2. The fraction of sp³-hybridized carbons (Fsp3) is 0.625. The molecular weight excluding hydrogens is 220 g/mol. The summed E-state index contributed by atoms with van der Waals surface area (Å²) in [6, 6.07) is 9.56. The standard InChI is InChI=1S/C16H26N2/c1-12-4-8-15(9-5-12)18(3)16-10-6-14(7-11-16)13(2)17/h6-7,10-13,15H,4-5,8-9,17H2,1-3H3/t12?,13-,15?/m0/s1.